The molecule has 4 heteroatoms. The normalized spacial score (nSPS) is 20.8. The van der Waals surface area contributed by atoms with Gasteiger partial charge in [0.05, 0.1) is 7.11 Å². The minimum atomic E-state index is -0.327. The maximum atomic E-state index is 13.7. The molecule has 1 aliphatic heterocycles. The number of esters is 1. The van der Waals surface area contributed by atoms with Crippen molar-refractivity contribution in [3.63, 3.8) is 0 Å². The molecule has 2 atom stereocenters. The Labute approximate surface area is 138 Å². The highest BCUT2D eigenvalue weighted by molar-refractivity contribution is 5.81. The Morgan fingerprint density at radius 1 is 1.48 bits per heavy atom. The van der Waals surface area contributed by atoms with Crippen molar-refractivity contribution in [2.24, 2.45) is 0 Å². The van der Waals surface area contributed by atoms with Crippen molar-refractivity contribution in [3.8, 4) is 0 Å². The van der Waals surface area contributed by atoms with Crippen molar-refractivity contribution in [3.05, 3.63) is 29.6 Å². The number of halogens is 1. The molecule has 128 valence electrons. The molecule has 0 fully saturated rings. The third-order valence-electron chi connectivity index (χ3n) is 4.85. The molecule has 0 aliphatic carbocycles. The second kappa shape index (κ2) is 6.90. The van der Waals surface area contributed by atoms with Gasteiger partial charge in [0.1, 0.15) is 11.9 Å². The second-order valence-electron chi connectivity index (χ2n) is 7.17. The Balaban J connectivity index is 2.52. The minimum absolute atomic E-state index is 0.184. The molecule has 1 aliphatic rings. The fraction of sp³-hybridized carbons (Fsp3) is 0.632. The van der Waals surface area contributed by atoms with Crippen molar-refractivity contribution in [2.45, 2.75) is 70.9 Å². The first-order valence-electron chi connectivity index (χ1n) is 8.48. The van der Waals surface area contributed by atoms with Gasteiger partial charge >= 0.3 is 5.97 Å². The number of hydrogen-bond donors (Lipinski definition) is 0. The Bertz CT molecular complexity index is 570. The number of carbonyl (C=O) groups is 1. The van der Waals surface area contributed by atoms with Gasteiger partial charge in [0.15, 0.2) is 0 Å². The predicted molar refractivity (Wildman–Crippen MR) is 91.3 cm³/mol. The first-order chi connectivity index (χ1) is 10.8. The lowest BCUT2D eigenvalue weighted by molar-refractivity contribution is -0.142. The highest BCUT2D eigenvalue weighted by Gasteiger charge is 2.42. The summed E-state index contributed by atoms with van der Waals surface area (Å²) in [7, 11) is 1.44. The van der Waals surface area contributed by atoms with Gasteiger partial charge in [-0.05, 0) is 56.4 Å². The van der Waals surface area contributed by atoms with E-state index in [1.54, 1.807) is 6.07 Å². The standard InChI is InChI=1S/C19H28FNO2/c1-6-7-8-17(18(22)23-5)21-16-10-9-14(20)11-15(16)13(2)12-19(21,3)4/h9-11,13,17H,6-8,12H2,1-5H3/t13-,17+/m1/s1. The number of methoxy groups -OCH3 is 1. The molecule has 0 bridgehead atoms. The quantitative estimate of drug-likeness (QED) is 0.739. The average Bonchev–Trinajstić information content (AvgIpc) is 2.49. The van der Waals surface area contributed by atoms with Gasteiger partial charge in [-0.15, -0.1) is 0 Å². The maximum absolute atomic E-state index is 13.7. The molecule has 0 amide bonds. The third-order valence-corrected chi connectivity index (χ3v) is 4.85. The van der Waals surface area contributed by atoms with Gasteiger partial charge in [0, 0.05) is 11.2 Å². The van der Waals surface area contributed by atoms with Crippen molar-refractivity contribution >= 4 is 11.7 Å². The van der Waals surface area contributed by atoms with Crippen molar-refractivity contribution in [1.82, 2.24) is 0 Å². The van der Waals surface area contributed by atoms with E-state index in [0.29, 0.717) is 0 Å². The summed E-state index contributed by atoms with van der Waals surface area (Å²) < 4.78 is 18.8. The number of nitrogens with zero attached hydrogens (tertiary/aromatic N) is 1. The van der Waals surface area contributed by atoms with E-state index in [9.17, 15) is 9.18 Å². The van der Waals surface area contributed by atoms with Crippen LogP contribution in [-0.4, -0.2) is 24.7 Å². The number of benzene rings is 1. The molecule has 1 aromatic carbocycles. The van der Waals surface area contributed by atoms with Crippen molar-refractivity contribution in [2.75, 3.05) is 12.0 Å². The van der Waals surface area contributed by atoms with E-state index in [4.69, 9.17) is 4.74 Å². The van der Waals surface area contributed by atoms with Crippen LogP contribution in [0.15, 0.2) is 18.2 Å². The molecule has 3 nitrogen and oxygen atoms in total. The summed E-state index contributed by atoms with van der Waals surface area (Å²) in [5, 5.41) is 0. The molecular weight excluding hydrogens is 293 g/mol. The van der Waals surface area contributed by atoms with E-state index < -0.39 is 0 Å². The van der Waals surface area contributed by atoms with Gasteiger partial charge in [-0.25, -0.2) is 9.18 Å². The minimum Gasteiger partial charge on any atom is -0.467 e. The summed E-state index contributed by atoms with van der Waals surface area (Å²) in [6.07, 6.45) is 3.60. The molecule has 2 rings (SSSR count). The molecule has 0 aromatic heterocycles. The van der Waals surface area contributed by atoms with Crippen molar-refractivity contribution in [1.29, 1.82) is 0 Å². The summed E-state index contributed by atoms with van der Waals surface area (Å²) in [5.74, 6) is -0.175. The number of unbranched alkanes of at least 4 members (excludes halogenated alkanes) is 1. The molecular formula is C19H28FNO2. The van der Waals surface area contributed by atoms with Gasteiger partial charge in [0.2, 0.25) is 0 Å². The highest BCUT2D eigenvalue weighted by Crippen LogP contribution is 2.45. The molecule has 0 N–H and O–H groups in total. The lowest BCUT2D eigenvalue weighted by Gasteiger charge is -2.50. The fourth-order valence-electron chi connectivity index (χ4n) is 3.90. The van der Waals surface area contributed by atoms with E-state index in [0.717, 1.165) is 36.9 Å². The molecule has 0 radical (unpaired) electrons. The molecule has 0 unspecified atom stereocenters. The summed E-state index contributed by atoms with van der Waals surface area (Å²) in [5.41, 5.74) is 1.76. The molecule has 0 spiro atoms. The number of ether oxygens (including phenoxy) is 1. The van der Waals surface area contributed by atoms with Crippen LogP contribution in [0.2, 0.25) is 0 Å². The number of carbonyl (C=O) groups excluding carboxylic acids is 1. The smallest absolute Gasteiger partial charge is 0.328 e. The number of fused-ring (bicyclic) bond motifs is 1. The fourth-order valence-corrected chi connectivity index (χ4v) is 3.90. The van der Waals surface area contributed by atoms with Crippen LogP contribution >= 0.6 is 0 Å². The topological polar surface area (TPSA) is 29.5 Å². The summed E-state index contributed by atoms with van der Waals surface area (Å²) in [6.45, 7) is 8.53. The van der Waals surface area contributed by atoms with E-state index in [1.807, 2.05) is 6.07 Å². The molecule has 1 aromatic rings. The van der Waals surface area contributed by atoms with Gasteiger partial charge in [-0.1, -0.05) is 26.7 Å². The van der Waals surface area contributed by atoms with E-state index in [-0.39, 0.29) is 29.3 Å². The van der Waals surface area contributed by atoms with Crippen LogP contribution in [0.1, 0.15) is 64.9 Å². The van der Waals surface area contributed by atoms with Crippen LogP contribution in [-0.2, 0) is 9.53 Å². The predicted octanol–water partition coefficient (Wildman–Crippen LogP) is 4.65. The van der Waals surface area contributed by atoms with E-state index >= 15 is 0 Å². The SMILES string of the molecule is CCCC[C@@H](C(=O)OC)N1c2ccc(F)cc2[C@H](C)CC1(C)C. The van der Waals surface area contributed by atoms with Crippen LogP contribution in [0.4, 0.5) is 10.1 Å². The molecule has 0 saturated carbocycles. The van der Waals surface area contributed by atoms with Crippen LogP contribution < -0.4 is 4.90 Å². The summed E-state index contributed by atoms with van der Waals surface area (Å²) >= 11 is 0. The van der Waals surface area contributed by atoms with Crippen LogP contribution in [0.25, 0.3) is 0 Å². The third kappa shape index (κ3) is 3.51. The Morgan fingerprint density at radius 2 is 2.17 bits per heavy atom. The zero-order chi connectivity index (χ0) is 17.2. The first kappa shape index (κ1) is 17.8. The summed E-state index contributed by atoms with van der Waals surface area (Å²) in [4.78, 5) is 14.6. The molecule has 0 saturated heterocycles. The Kier molecular flexibility index (Phi) is 5.33. The number of anilines is 1. The van der Waals surface area contributed by atoms with Crippen molar-refractivity contribution < 1.29 is 13.9 Å². The zero-order valence-electron chi connectivity index (χ0n) is 14.9. The van der Waals surface area contributed by atoms with Crippen LogP contribution in [0, 0.1) is 5.82 Å². The van der Waals surface area contributed by atoms with Gasteiger partial charge < -0.3 is 9.64 Å². The van der Waals surface area contributed by atoms with Gasteiger partial charge in [0.25, 0.3) is 0 Å². The maximum Gasteiger partial charge on any atom is 0.328 e. The molecule has 23 heavy (non-hydrogen) atoms. The highest BCUT2D eigenvalue weighted by atomic mass is 19.1. The monoisotopic (exact) mass is 321 g/mol. The van der Waals surface area contributed by atoms with Crippen LogP contribution in [0.5, 0.6) is 0 Å². The Morgan fingerprint density at radius 3 is 2.78 bits per heavy atom. The second-order valence-corrected chi connectivity index (χ2v) is 7.17. The Hall–Kier alpha value is -1.58. The summed E-state index contributed by atoms with van der Waals surface area (Å²) in [6, 6.07) is 4.57. The van der Waals surface area contributed by atoms with E-state index in [2.05, 4.69) is 32.6 Å². The largest absolute Gasteiger partial charge is 0.467 e. The molecule has 1 heterocycles. The average molecular weight is 321 g/mol. The zero-order valence-corrected chi connectivity index (χ0v) is 14.9. The van der Waals surface area contributed by atoms with Crippen LogP contribution in [0.3, 0.4) is 0 Å². The lowest BCUT2D eigenvalue weighted by Crippen LogP contribution is -2.56. The number of rotatable bonds is 5. The lowest BCUT2D eigenvalue weighted by atomic mass is 9.78. The van der Waals surface area contributed by atoms with Gasteiger partial charge in [-0.2, -0.15) is 0 Å². The van der Waals surface area contributed by atoms with Gasteiger partial charge in [-0.3, -0.25) is 0 Å². The first-order valence-corrected chi connectivity index (χ1v) is 8.48. The van der Waals surface area contributed by atoms with E-state index in [1.165, 1.54) is 13.2 Å². The number of hydrogen-bond acceptors (Lipinski definition) is 3.